The van der Waals surface area contributed by atoms with Gasteiger partial charge in [0.25, 0.3) is 0 Å². The third-order valence-corrected chi connectivity index (χ3v) is 4.57. The fourth-order valence-electron chi connectivity index (χ4n) is 2.96. The van der Waals surface area contributed by atoms with Crippen molar-refractivity contribution in [2.24, 2.45) is 0 Å². The van der Waals surface area contributed by atoms with Crippen LogP contribution >= 0.6 is 0 Å². The highest BCUT2D eigenvalue weighted by Gasteiger charge is 2.21. The minimum absolute atomic E-state index is 0.0637. The van der Waals surface area contributed by atoms with E-state index in [1.807, 2.05) is 51.1 Å². The molecule has 2 aromatic carbocycles. The van der Waals surface area contributed by atoms with Crippen molar-refractivity contribution in [2.45, 2.75) is 33.4 Å². The molecule has 8 heteroatoms. The average Bonchev–Trinajstić information content (AvgIpc) is 3.20. The normalized spacial score (nSPS) is 10.7. The maximum atomic E-state index is 12.8. The number of anilines is 1. The molecule has 0 bridgehead atoms. The third-order valence-electron chi connectivity index (χ3n) is 4.57. The Labute approximate surface area is 175 Å². The molecule has 0 atom stereocenters. The molecular formula is C22H26N4O4. The minimum Gasteiger partial charge on any atom is -0.493 e. The van der Waals surface area contributed by atoms with Crippen molar-refractivity contribution in [3.8, 4) is 22.9 Å². The minimum atomic E-state index is -0.235. The largest absolute Gasteiger partial charge is 0.493 e. The van der Waals surface area contributed by atoms with Crippen LogP contribution in [0.25, 0.3) is 11.4 Å². The number of rotatable bonds is 7. The molecule has 8 nitrogen and oxygen atoms in total. The average molecular weight is 410 g/mol. The van der Waals surface area contributed by atoms with Crippen LogP contribution in [0.15, 0.2) is 47.0 Å². The van der Waals surface area contributed by atoms with Crippen LogP contribution in [0.3, 0.4) is 0 Å². The summed E-state index contributed by atoms with van der Waals surface area (Å²) < 4.78 is 16.0. The van der Waals surface area contributed by atoms with Crippen molar-refractivity contribution < 1.29 is 18.8 Å². The second kappa shape index (κ2) is 9.30. The summed E-state index contributed by atoms with van der Waals surface area (Å²) in [7, 11) is 3.14. The van der Waals surface area contributed by atoms with Gasteiger partial charge in [-0.25, -0.2) is 4.79 Å². The number of carbonyl (C=O) groups excluding carboxylic acids is 1. The zero-order chi connectivity index (χ0) is 21.7. The molecule has 0 saturated carbocycles. The number of hydrogen-bond donors (Lipinski definition) is 1. The number of ether oxygens (including phenoxy) is 2. The molecule has 3 aromatic rings. The molecule has 0 fully saturated rings. The number of carbonyl (C=O) groups is 1. The fourth-order valence-corrected chi connectivity index (χ4v) is 2.96. The van der Waals surface area contributed by atoms with Gasteiger partial charge in [-0.3, -0.25) is 0 Å². The first kappa shape index (κ1) is 21.2. The molecule has 2 amide bonds. The Bertz CT molecular complexity index is 1020. The Hall–Kier alpha value is -3.55. The van der Waals surface area contributed by atoms with Crippen LogP contribution in [0.5, 0.6) is 11.5 Å². The Kier molecular flexibility index (Phi) is 6.56. The molecule has 0 aliphatic carbocycles. The standard InChI is InChI=1S/C22H26N4O4/c1-14(2)26(22(27)23-17-8-6-7-15(3)11-17)13-20-24-21(25-30-20)16-9-10-18(28-4)19(12-16)29-5/h6-12,14H,13H2,1-5H3,(H,23,27). The van der Waals surface area contributed by atoms with E-state index in [1.54, 1.807) is 31.3 Å². The molecule has 0 aliphatic rings. The molecule has 1 aromatic heterocycles. The number of benzene rings is 2. The first-order chi connectivity index (χ1) is 14.4. The number of methoxy groups -OCH3 is 2. The maximum absolute atomic E-state index is 12.8. The molecule has 30 heavy (non-hydrogen) atoms. The van der Waals surface area contributed by atoms with Crippen LogP contribution in [0.2, 0.25) is 0 Å². The summed E-state index contributed by atoms with van der Waals surface area (Å²) in [5.74, 6) is 1.94. The lowest BCUT2D eigenvalue weighted by Gasteiger charge is -2.25. The third kappa shape index (κ3) is 4.89. The van der Waals surface area contributed by atoms with Crippen LogP contribution in [0, 0.1) is 6.92 Å². The van der Waals surface area contributed by atoms with Crippen molar-refractivity contribution in [2.75, 3.05) is 19.5 Å². The Morgan fingerprint density at radius 1 is 1.13 bits per heavy atom. The molecule has 0 radical (unpaired) electrons. The summed E-state index contributed by atoms with van der Waals surface area (Å²) in [6.45, 7) is 6.03. The van der Waals surface area contributed by atoms with Crippen molar-refractivity contribution in [3.05, 3.63) is 53.9 Å². The highest BCUT2D eigenvalue weighted by molar-refractivity contribution is 5.89. The zero-order valence-electron chi connectivity index (χ0n) is 17.8. The van der Waals surface area contributed by atoms with Crippen LogP contribution in [-0.4, -0.2) is 41.3 Å². The number of urea groups is 1. The van der Waals surface area contributed by atoms with Crippen LogP contribution in [0.1, 0.15) is 25.3 Å². The van der Waals surface area contributed by atoms with E-state index in [2.05, 4.69) is 15.5 Å². The van der Waals surface area contributed by atoms with Gasteiger partial charge >= 0.3 is 6.03 Å². The SMILES string of the molecule is COc1ccc(-c2noc(CN(C(=O)Nc3cccc(C)c3)C(C)C)n2)cc1OC. The van der Waals surface area contributed by atoms with Gasteiger partial charge in [0.15, 0.2) is 11.5 Å². The van der Waals surface area contributed by atoms with Gasteiger partial charge in [0.2, 0.25) is 11.7 Å². The van der Waals surface area contributed by atoms with Gasteiger partial charge in [0.05, 0.1) is 14.2 Å². The molecular weight excluding hydrogens is 384 g/mol. The van der Waals surface area contributed by atoms with E-state index >= 15 is 0 Å². The molecule has 0 unspecified atom stereocenters. The predicted molar refractivity (Wildman–Crippen MR) is 114 cm³/mol. The Morgan fingerprint density at radius 2 is 1.90 bits per heavy atom. The summed E-state index contributed by atoms with van der Waals surface area (Å²) in [6.07, 6.45) is 0. The van der Waals surface area contributed by atoms with Crippen molar-refractivity contribution in [1.29, 1.82) is 0 Å². The van der Waals surface area contributed by atoms with E-state index in [4.69, 9.17) is 14.0 Å². The van der Waals surface area contributed by atoms with E-state index in [9.17, 15) is 4.79 Å². The smallest absolute Gasteiger partial charge is 0.322 e. The fraction of sp³-hybridized carbons (Fsp3) is 0.318. The summed E-state index contributed by atoms with van der Waals surface area (Å²) >= 11 is 0. The number of amides is 2. The van der Waals surface area contributed by atoms with Gasteiger partial charge in [0.1, 0.15) is 6.54 Å². The molecule has 158 valence electrons. The molecule has 1 N–H and O–H groups in total. The van der Waals surface area contributed by atoms with Crippen molar-refractivity contribution >= 4 is 11.7 Å². The first-order valence-corrected chi connectivity index (χ1v) is 9.60. The number of nitrogens with one attached hydrogen (secondary N) is 1. The van der Waals surface area contributed by atoms with Crippen LogP contribution in [-0.2, 0) is 6.54 Å². The molecule has 3 rings (SSSR count). The maximum Gasteiger partial charge on any atom is 0.322 e. The molecule has 1 heterocycles. The monoisotopic (exact) mass is 410 g/mol. The van der Waals surface area contributed by atoms with E-state index in [1.165, 1.54) is 0 Å². The van der Waals surface area contributed by atoms with E-state index in [0.717, 1.165) is 16.8 Å². The van der Waals surface area contributed by atoms with E-state index in [0.29, 0.717) is 23.2 Å². The topological polar surface area (TPSA) is 89.7 Å². The lowest BCUT2D eigenvalue weighted by molar-refractivity contribution is 0.182. The second-order valence-corrected chi connectivity index (χ2v) is 7.10. The Morgan fingerprint density at radius 3 is 2.57 bits per heavy atom. The quantitative estimate of drug-likeness (QED) is 0.617. The highest BCUT2D eigenvalue weighted by atomic mass is 16.5. The number of aromatic nitrogens is 2. The second-order valence-electron chi connectivity index (χ2n) is 7.10. The first-order valence-electron chi connectivity index (χ1n) is 9.60. The summed E-state index contributed by atoms with van der Waals surface area (Å²) in [5.41, 5.74) is 2.53. The molecule has 0 aliphatic heterocycles. The van der Waals surface area contributed by atoms with Crippen molar-refractivity contribution in [1.82, 2.24) is 15.0 Å². The van der Waals surface area contributed by atoms with Gasteiger partial charge in [-0.05, 0) is 56.7 Å². The van der Waals surface area contributed by atoms with Crippen LogP contribution < -0.4 is 14.8 Å². The van der Waals surface area contributed by atoms with E-state index in [-0.39, 0.29) is 18.6 Å². The van der Waals surface area contributed by atoms with Gasteiger partial charge in [-0.15, -0.1) is 0 Å². The van der Waals surface area contributed by atoms with E-state index < -0.39 is 0 Å². The molecule has 0 spiro atoms. The van der Waals surface area contributed by atoms with Gasteiger partial charge in [-0.1, -0.05) is 17.3 Å². The zero-order valence-corrected chi connectivity index (χ0v) is 17.8. The summed E-state index contributed by atoms with van der Waals surface area (Å²) in [6, 6.07) is 12.7. The van der Waals surface area contributed by atoms with Crippen molar-refractivity contribution in [3.63, 3.8) is 0 Å². The Balaban J connectivity index is 1.76. The lowest BCUT2D eigenvalue weighted by Crippen LogP contribution is -2.39. The molecule has 0 saturated heterocycles. The van der Waals surface area contributed by atoms with Gasteiger partial charge < -0.3 is 24.2 Å². The van der Waals surface area contributed by atoms with Crippen LogP contribution in [0.4, 0.5) is 10.5 Å². The predicted octanol–water partition coefficient (Wildman–Crippen LogP) is 4.50. The van der Waals surface area contributed by atoms with Gasteiger partial charge in [0, 0.05) is 17.3 Å². The lowest BCUT2D eigenvalue weighted by atomic mass is 10.2. The summed E-state index contributed by atoms with van der Waals surface area (Å²) in [4.78, 5) is 18.9. The van der Waals surface area contributed by atoms with Gasteiger partial charge in [-0.2, -0.15) is 4.98 Å². The highest BCUT2D eigenvalue weighted by Crippen LogP contribution is 2.31. The number of hydrogen-bond acceptors (Lipinski definition) is 6. The summed E-state index contributed by atoms with van der Waals surface area (Å²) in [5, 5.41) is 6.96. The number of aryl methyl sites for hydroxylation is 1. The number of nitrogens with zero attached hydrogens (tertiary/aromatic N) is 3.